The van der Waals surface area contributed by atoms with Crippen LogP contribution in [0.5, 0.6) is 0 Å². The van der Waals surface area contributed by atoms with Crippen molar-refractivity contribution in [3.63, 3.8) is 0 Å². The normalized spacial score (nSPS) is 18.4. The molecule has 102 valence electrons. The number of pyridine rings is 1. The van der Waals surface area contributed by atoms with Crippen molar-refractivity contribution in [1.29, 1.82) is 0 Å². The van der Waals surface area contributed by atoms with Crippen molar-refractivity contribution in [3.8, 4) is 0 Å². The fourth-order valence-electron chi connectivity index (χ4n) is 2.30. The Morgan fingerprint density at radius 3 is 2.33 bits per heavy atom. The molecule has 1 aliphatic heterocycles. The van der Waals surface area contributed by atoms with E-state index in [1.807, 2.05) is 0 Å². The van der Waals surface area contributed by atoms with Crippen molar-refractivity contribution in [2.45, 2.75) is 19.0 Å². The van der Waals surface area contributed by atoms with Crippen LogP contribution in [0.2, 0.25) is 0 Å². The lowest BCUT2D eigenvalue weighted by Gasteiger charge is -2.31. The molecule has 0 spiro atoms. The first kappa shape index (κ1) is 15.2. The molecule has 1 aromatic rings. The molecule has 1 N–H and O–H groups in total. The average molecular weight is 283 g/mol. The van der Waals surface area contributed by atoms with E-state index in [1.165, 1.54) is 12.3 Å². The quantitative estimate of drug-likeness (QED) is 0.844. The minimum absolute atomic E-state index is 0. The van der Waals surface area contributed by atoms with Crippen molar-refractivity contribution in [2.75, 3.05) is 20.1 Å². The first-order chi connectivity index (χ1) is 7.98. The van der Waals surface area contributed by atoms with Crippen LogP contribution in [0, 0.1) is 0 Å². The summed E-state index contributed by atoms with van der Waals surface area (Å²) in [6, 6.07) is 1.19. The Morgan fingerprint density at radius 2 is 1.83 bits per heavy atom. The van der Waals surface area contributed by atoms with Gasteiger partial charge in [-0.3, -0.25) is 4.98 Å². The Balaban J connectivity index is 0.00000162. The molecule has 0 saturated carbocycles. The van der Waals surface area contributed by atoms with Crippen LogP contribution >= 0.6 is 12.4 Å². The second-order valence-electron chi connectivity index (χ2n) is 4.28. The Morgan fingerprint density at radius 1 is 1.22 bits per heavy atom. The average Bonchev–Trinajstić information content (AvgIpc) is 2.78. The fraction of sp³-hybridized carbons (Fsp3) is 0.545. The number of quaternary nitrogens is 1. The van der Waals surface area contributed by atoms with Crippen molar-refractivity contribution in [3.05, 3.63) is 24.0 Å². The monoisotopic (exact) mass is 282 g/mol. The molecule has 1 saturated heterocycles. The lowest BCUT2D eigenvalue weighted by atomic mass is 10.2. The van der Waals surface area contributed by atoms with Gasteiger partial charge in [0, 0.05) is 32.2 Å². The summed E-state index contributed by atoms with van der Waals surface area (Å²) in [6.07, 6.45) is 0.0669. The number of alkyl halides is 3. The smallest absolute Gasteiger partial charge is 0.258 e. The molecule has 2 rings (SSSR count). The van der Waals surface area contributed by atoms with Gasteiger partial charge < -0.3 is 0 Å². The number of nitrogens with zero attached hydrogens (tertiary/aromatic N) is 2. The van der Waals surface area contributed by atoms with E-state index in [9.17, 15) is 13.2 Å². The third-order valence-corrected chi connectivity index (χ3v) is 3.30. The van der Waals surface area contributed by atoms with Gasteiger partial charge in [0.05, 0.1) is 11.8 Å². The van der Waals surface area contributed by atoms with Gasteiger partial charge in [0.1, 0.15) is 13.1 Å². The number of rotatable bonds is 2. The van der Waals surface area contributed by atoms with Crippen molar-refractivity contribution in [1.82, 2.24) is 15.0 Å². The molecule has 0 aromatic carbocycles. The van der Waals surface area contributed by atoms with Crippen LogP contribution in [0.4, 0.5) is 18.9 Å². The van der Waals surface area contributed by atoms with E-state index in [2.05, 4.69) is 10.4 Å². The number of hydrogen-bond donors (Lipinski definition) is 1. The van der Waals surface area contributed by atoms with Crippen molar-refractivity contribution >= 4 is 18.1 Å². The van der Waals surface area contributed by atoms with Crippen LogP contribution in [-0.2, 0) is 6.18 Å². The Labute approximate surface area is 110 Å². The molecule has 0 atom stereocenters. The van der Waals surface area contributed by atoms with Gasteiger partial charge >= 0.3 is 6.18 Å². The molecule has 0 radical (unpaired) electrons. The molecule has 1 fully saturated rings. The second-order valence-corrected chi connectivity index (χ2v) is 4.28. The molecule has 2 heterocycles. The molecule has 0 aliphatic carbocycles. The number of hydrogen-bond acceptors (Lipinski definition) is 2. The Hall–Kier alpha value is -0.850. The zero-order chi connectivity index (χ0) is 12.5. The van der Waals surface area contributed by atoms with Crippen LogP contribution in [-0.4, -0.2) is 25.1 Å². The highest BCUT2D eigenvalue weighted by Gasteiger charge is 2.37. The number of nitrogens with one attached hydrogen (secondary N) is 1. The van der Waals surface area contributed by atoms with Crippen LogP contribution in [0.15, 0.2) is 18.5 Å². The summed E-state index contributed by atoms with van der Waals surface area (Å²) >= 11 is 0. The van der Waals surface area contributed by atoms with E-state index in [0.29, 0.717) is 10.3 Å². The molecule has 3 nitrogen and oxygen atoms in total. The predicted molar refractivity (Wildman–Crippen MR) is 66.3 cm³/mol. The highest BCUT2D eigenvalue weighted by atomic mass is 35.5. The third-order valence-electron chi connectivity index (χ3n) is 3.30. The van der Waals surface area contributed by atoms with Gasteiger partial charge in [-0.05, 0) is 0 Å². The maximum atomic E-state index is 12.6. The van der Waals surface area contributed by atoms with Gasteiger partial charge in [-0.2, -0.15) is 18.6 Å². The summed E-state index contributed by atoms with van der Waals surface area (Å²) in [5, 5.41) is 0. The lowest BCUT2D eigenvalue weighted by Crippen LogP contribution is -2.55. The topological polar surface area (TPSA) is 24.9 Å². The largest absolute Gasteiger partial charge is 0.418 e. The zero-order valence-corrected chi connectivity index (χ0v) is 10.8. The zero-order valence-electron chi connectivity index (χ0n) is 10.00. The first-order valence-electron chi connectivity index (χ1n) is 5.57. The molecule has 7 heteroatoms. The van der Waals surface area contributed by atoms with Crippen molar-refractivity contribution in [2.24, 2.45) is 0 Å². The Kier molecular flexibility index (Phi) is 4.58. The lowest BCUT2D eigenvalue weighted by molar-refractivity contribution is -0.137. The van der Waals surface area contributed by atoms with Crippen LogP contribution in [0.25, 0.3) is 0 Å². The van der Waals surface area contributed by atoms with Crippen LogP contribution in [0.3, 0.4) is 0 Å². The molecule has 1 aliphatic rings. The summed E-state index contributed by atoms with van der Waals surface area (Å²) < 4.78 is 38.2. The summed E-state index contributed by atoms with van der Waals surface area (Å²) in [4.78, 5) is 3.71. The van der Waals surface area contributed by atoms with E-state index in [0.717, 1.165) is 32.1 Å². The maximum absolute atomic E-state index is 12.6. The number of halogens is 4. The first-order valence-corrected chi connectivity index (χ1v) is 5.57. The summed E-state index contributed by atoms with van der Waals surface area (Å²) in [5.74, 6) is 0. The van der Waals surface area contributed by atoms with Gasteiger partial charge in [-0.25, -0.2) is 4.59 Å². The van der Waals surface area contributed by atoms with Crippen molar-refractivity contribution < 1.29 is 13.2 Å². The van der Waals surface area contributed by atoms with Crippen LogP contribution in [0.1, 0.15) is 18.4 Å². The van der Waals surface area contributed by atoms with E-state index >= 15 is 0 Å². The van der Waals surface area contributed by atoms with E-state index in [4.69, 9.17) is 0 Å². The molecular formula is C11H16ClF3N3+. The molecule has 18 heavy (non-hydrogen) atoms. The van der Waals surface area contributed by atoms with E-state index < -0.39 is 11.7 Å². The van der Waals surface area contributed by atoms with Gasteiger partial charge in [0.2, 0.25) is 0 Å². The van der Waals surface area contributed by atoms with Gasteiger partial charge in [-0.1, -0.05) is 0 Å². The van der Waals surface area contributed by atoms with E-state index in [1.54, 1.807) is 7.05 Å². The minimum Gasteiger partial charge on any atom is -0.258 e. The number of aromatic nitrogens is 1. The highest BCUT2D eigenvalue weighted by molar-refractivity contribution is 5.85. The SMILES string of the molecule is CN[N+]1(c2cncc(C(F)(F)F)c2)CCCC1.Cl. The summed E-state index contributed by atoms with van der Waals surface area (Å²) in [7, 11) is 1.77. The predicted octanol–water partition coefficient (Wildman–Crippen LogP) is 2.76. The maximum Gasteiger partial charge on any atom is 0.418 e. The fourth-order valence-corrected chi connectivity index (χ4v) is 2.30. The van der Waals surface area contributed by atoms with Gasteiger partial charge in [0.25, 0.3) is 0 Å². The molecule has 1 aromatic heterocycles. The van der Waals surface area contributed by atoms with Gasteiger partial charge in [0.15, 0.2) is 5.69 Å². The molecule has 0 bridgehead atoms. The minimum atomic E-state index is -4.33. The molecule has 0 amide bonds. The molecule has 0 unspecified atom stereocenters. The standard InChI is InChI=1S/C11H15F3N3.ClH/c1-15-17(4-2-3-5-17)10-6-9(7-16-8-10)11(12,13)14;/h6-8,15H,2-5H2,1H3;1H/q+1;. The highest BCUT2D eigenvalue weighted by Crippen LogP contribution is 2.33. The molecular weight excluding hydrogens is 267 g/mol. The van der Waals surface area contributed by atoms with Crippen LogP contribution < -0.4 is 10.0 Å². The van der Waals surface area contributed by atoms with Gasteiger partial charge in [-0.15, -0.1) is 12.4 Å². The summed E-state index contributed by atoms with van der Waals surface area (Å²) in [5.41, 5.74) is 3.00. The third kappa shape index (κ3) is 2.76. The second kappa shape index (κ2) is 5.42. The summed E-state index contributed by atoms with van der Waals surface area (Å²) in [6.45, 7) is 1.61. The van der Waals surface area contributed by atoms with E-state index in [-0.39, 0.29) is 12.4 Å². The Bertz CT molecular complexity index is 403.